The highest BCUT2D eigenvalue weighted by Crippen LogP contribution is 2.26. The van der Waals surface area contributed by atoms with E-state index in [0.717, 1.165) is 0 Å². The van der Waals surface area contributed by atoms with E-state index < -0.39 is 5.41 Å². The second-order valence-electron chi connectivity index (χ2n) is 2.52. The predicted octanol–water partition coefficient (Wildman–Crippen LogP) is 1.91. The fourth-order valence-corrected chi connectivity index (χ4v) is 1.09. The molecule has 0 radical (unpaired) electrons. The third-order valence-electron chi connectivity index (χ3n) is 1.92. The molecule has 3 heteroatoms. The van der Waals surface area contributed by atoms with Crippen molar-refractivity contribution in [3.05, 3.63) is 0 Å². The number of Topliss-reactive ketones (excluding diaryl/α,β-unsaturated/α-hetero) is 1. The van der Waals surface area contributed by atoms with Gasteiger partial charge < -0.3 is 0 Å². The van der Waals surface area contributed by atoms with Gasteiger partial charge in [0, 0.05) is 0 Å². The fourth-order valence-electron chi connectivity index (χ4n) is 0.526. The zero-order valence-electron chi connectivity index (χ0n) is 6.40. The molecule has 0 aromatic rings. The SMILES string of the molecule is CCC(C)(C(C)=O)C(=O)Br. The molecular formula is C7H11BrO2. The summed E-state index contributed by atoms with van der Waals surface area (Å²) in [6.07, 6.45) is 0.548. The van der Waals surface area contributed by atoms with Crippen molar-refractivity contribution in [3.63, 3.8) is 0 Å². The molecule has 0 bridgehead atoms. The van der Waals surface area contributed by atoms with Crippen molar-refractivity contribution in [2.24, 2.45) is 5.41 Å². The van der Waals surface area contributed by atoms with E-state index in [1.807, 2.05) is 6.92 Å². The molecule has 0 aliphatic heterocycles. The van der Waals surface area contributed by atoms with Crippen LogP contribution in [0.25, 0.3) is 0 Å². The molecule has 0 spiro atoms. The van der Waals surface area contributed by atoms with Gasteiger partial charge in [-0.2, -0.15) is 0 Å². The Labute approximate surface area is 69.1 Å². The van der Waals surface area contributed by atoms with Crippen molar-refractivity contribution in [2.75, 3.05) is 0 Å². The molecule has 1 unspecified atom stereocenters. The van der Waals surface area contributed by atoms with Crippen LogP contribution in [-0.2, 0) is 9.59 Å². The average Bonchev–Trinajstić information content (AvgIpc) is 1.85. The monoisotopic (exact) mass is 206 g/mol. The van der Waals surface area contributed by atoms with Gasteiger partial charge in [-0.25, -0.2) is 0 Å². The van der Waals surface area contributed by atoms with Crippen LogP contribution in [-0.4, -0.2) is 10.5 Å². The van der Waals surface area contributed by atoms with Gasteiger partial charge in [0.2, 0.25) is 4.69 Å². The molecular weight excluding hydrogens is 196 g/mol. The van der Waals surface area contributed by atoms with Gasteiger partial charge in [-0.05, 0) is 36.2 Å². The van der Waals surface area contributed by atoms with E-state index in [-0.39, 0.29) is 10.5 Å². The van der Waals surface area contributed by atoms with Crippen LogP contribution in [0.15, 0.2) is 0 Å². The number of hydrogen-bond donors (Lipinski definition) is 0. The van der Waals surface area contributed by atoms with Crippen molar-refractivity contribution in [2.45, 2.75) is 27.2 Å². The lowest BCUT2D eigenvalue weighted by Crippen LogP contribution is -2.30. The van der Waals surface area contributed by atoms with Crippen LogP contribution in [0.4, 0.5) is 0 Å². The molecule has 0 rings (SSSR count). The first kappa shape index (κ1) is 9.82. The van der Waals surface area contributed by atoms with E-state index in [9.17, 15) is 9.59 Å². The Morgan fingerprint density at radius 3 is 1.90 bits per heavy atom. The van der Waals surface area contributed by atoms with E-state index in [0.29, 0.717) is 6.42 Å². The topological polar surface area (TPSA) is 34.1 Å². The van der Waals surface area contributed by atoms with Gasteiger partial charge in [0.25, 0.3) is 0 Å². The second-order valence-corrected chi connectivity index (χ2v) is 3.24. The van der Waals surface area contributed by atoms with Gasteiger partial charge in [0.1, 0.15) is 5.78 Å². The normalized spacial score (nSPS) is 16.0. The van der Waals surface area contributed by atoms with Gasteiger partial charge in [-0.15, -0.1) is 0 Å². The third kappa shape index (κ3) is 1.66. The van der Waals surface area contributed by atoms with Gasteiger partial charge >= 0.3 is 0 Å². The minimum Gasteiger partial charge on any atom is -0.299 e. The number of hydrogen-bond acceptors (Lipinski definition) is 2. The van der Waals surface area contributed by atoms with E-state index in [1.165, 1.54) is 6.92 Å². The Morgan fingerprint density at radius 2 is 1.90 bits per heavy atom. The summed E-state index contributed by atoms with van der Waals surface area (Å²) in [5, 5.41) is 0. The molecule has 0 N–H and O–H groups in total. The summed E-state index contributed by atoms with van der Waals surface area (Å²) < 4.78 is -0.227. The standard InChI is InChI=1S/C7H11BrO2/c1-4-7(3,5(2)9)6(8)10/h4H2,1-3H3. The van der Waals surface area contributed by atoms with Crippen LogP contribution in [0.1, 0.15) is 27.2 Å². The minimum atomic E-state index is -0.819. The molecule has 0 amide bonds. The molecule has 1 atom stereocenters. The number of rotatable bonds is 3. The Hall–Kier alpha value is -0.180. The smallest absolute Gasteiger partial charge is 0.210 e. The Kier molecular flexibility index (Phi) is 3.22. The molecule has 0 aromatic heterocycles. The summed E-state index contributed by atoms with van der Waals surface area (Å²) in [4.78, 5) is 21.7. The summed E-state index contributed by atoms with van der Waals surface area (Å²) in [7, 11) is 0. The lowest BCUT2D eigenvalue weighted by atomic mass is 9.85. The molecule has 0 aromatic carbocycles. The highest BCUT2D eigenvalue weighted by Gasteiger charge is 2.34. The number of halogens is 1. The summed E-state index contributed by atoms with van der Waals surface area (Å²) >= 11 is 2.80. The van der Waals surface area contributed by atoms with Crippen molar-refractivity contribution in [3.8, 4) is 0 Å². The van der Waals surface area contributed by atoms with Gasteiger partial charge in [0.05, 0.1) is 5.41 Å². The Morgan fingerprint density at radius 1 is 1.50 bits per heavy atom. The molecule has 0 saturated heterocycles. The zero-order valence-corrected chi connectivity index (χ0v) is 7.99. The van der Waals surface area contributed by atoms with Crippen LogP contribution in [0.2, 0.25) is 0 Å². The Bertz CT molecular complexity index is 149. The quantitative estimate of drug-likeness (QED) is 0.523. The summed E-state index contributed by atoms with van der Waals surface area (Å²) in [5.74, 6) is -0.0862. The minimum absolute atomic E-state index is 0.0862. The molecule has 0 fully saturated rings. The number of carbonyl (C=O) groups excluding carboxylic acids is 2. The average molecular weight is 207 g/mol. The number of ketones is 1. The van der Waals surface area contributed by atoms with E-state index in [2.05, 4.69) is 15.9 Å². The summed E-state index contributed by atoms with van der Waals surface area (Å²) in [6, 6.07) is 0. The van der Waals surface area contributed by atoms with E-state index >= 15 is 0 Å². The lowest BCUT2D eigenvalue weighted by Gasteiger charge is -2.19. The molecule has 0 saturated carbocycles. The van der Waals surface area contributed by atoms with Crippen molar-refractivity contribution in [1.82, 2.24) is 0 Å². The van der Waals surface area contributed by atoms with E-state index in [4.69, 9.17) is 0 Å². The fraction of sp³-hybridized carbons (Fsp3) is 0.714. The summed E-state index contributed by atoms with van der Waals surface area (Å²) in [6.45, 7) is 4.90. The lowest BCUT2D eigenvalue weighted by molar-refractivity contribution is -0.133. The van der Waals surface area contributed by atoms with Gasteiger partial charge in [-0.1, -0.05) is 6.92 Å². The van der Waals surface area contributed by atoms with Crippen LogP contribution in [0.5, 0.6) is 0 Å². The van der Waals surface area contributed by atoms with Gasteiger partial charge in [-0.3, -0.25) is 9.59 Å². The van der Waals surface area contributed by atoms with Crippen LogP contribution < -0.4 is 0 Å². The number of carbonyl (C=O) groups is 2. The Balaban J connectivity index is 4.55. The van der Waals surface area contributed by atoms with Gasteiger partial charge in [0.15, 0.2) is 0 Å². The maximum atomic E-state index is 10.9. The predicted molar refractivity (Wildman–Crippen MR) is 43.0 cm³/mol. The van der Waals surface area contributed by atoms with E-state index in [1.54, 1.807) is 6.92 Å². The largest absolute Gasteiger partial charge is 0.299 e. The first-order valence-corrected chi connectivity index (χ1v) is 3.95. The molecule has 0 aliphatic carbocycles. The molecule has 58 valence electrons. The molecule has 0 aliphatic rings. The van der Waals surface area contributed by atoms with Crippen molar-refractivity contribution in [1.29, 1.82) is 0 Å². The first-order chi connectivity index (χ1) is 4.45. The van der Waals surface area contributed by atoms with Crippen molar-refractivity contribution >= 4 is 26.4 Å². The van der Waals surface area contributed by atoms with Crippen LogP contribution in [0.3, 0.4) is 0 Å². The highest BCUT2D eigenvalue weighted by atomic mass is 79.9. The molecule has 10 heavy (non-hydrogen) atoms. The molecule has 2 nitrogen and oxygen atoms in total. The second kappa shape index (κ2) is 3.28. The first-order valence-electron chi connectivity index (χ1n) is 3.16. The third-order valence-corrected chi connectivity index (χ3v) is 2.79. The summed E-state index contributed by atoms with van der Waals surface area (Å²) in [5.41, 5.74) is -0.819. The maximum absolute atomic E-state index is 10.9. The maximum Gasteiger partial charge on any atom is 0.210 e. The van der Waals surface area contributed by atoms with Crippen LogP contribution in [0, 0.1) is 5.41 Å². The highest BCUT2D eigenvalue weighted by molar-refractivity contribution is 9.18. The zero-order chi connectivity index (χ0) is 8.36. The van der Waals surface area contributed by atoms with Crippen LogP contribution >= 0.6 is 15.9 Å². The molecule has 0 heterocycles. The van der Waals surface area contributed by atoms with Crippen molar-refractivity contribution < 1.29 is 9.59 Å².